The van der Waals surface area contributed by atoms with Gasteiger partial charge in [0.05, 0.1) is 41.7 Å². The molecule has 1 unspecified atom stereocenters. The molecule has 10 nitrogen and oxygen atoms in total. The lowest BCUT2D eigenvalue weighted by molar-refractivity contribution is 0.129. The molecule has 3 heterocycles. The van der Waals surface area contributed by atoms with Crippen molar-refractivity contribution in [2.45, 2.75) is 24.8 Å². The standard InChI is InChI=1S/C19H21FN4O6S2/c1-31(26,27)12-14-9-23(22-21-14)10-16-11-24(19(25)30-16)15-2-3-17(18(20)8-15)13-4-6-32(28,29)7-5-13/h2-4,8-9,16H,5-7,10-12H2,1H3. The van der Waals surface area contributed by atoms with Crippen LogP contribution in [0.5, 0.6) is 0 Å². The normalized spacial score (nSPS) is 20.8. The fraction of sp³-hybridized carbons (Fsp3) is 0.421. The molecule has 0 saturated carbocycles. The highest BCUT2D eigenvalue weighted by Gasteiger charge is 2.33. The molecule has 13 heteroatoms. The highest BCUT2D eigenvalue weighted by molar-refractivity contribution is 7.91. The molecule has 2 aliphatic rings. The Morgan fingerprint density at radius 1 is 1.31 bits per heavy atom. The molecule has 1 aromatic carbocycles. The molecule has 1 aromatic heterocycles. The summed E-state index contributed by atoms with van der Waals surface area (Å²) in [5.41, 5.74) is 1.55. The number of nitrogens with zero attached hydrogens (tertiary/aromatic N) is 4. The summed E-state index contributed by atoms with van der Waals surface area (Å²) in [6, 6.07) is 4.35. The second-order valence-electron chi connectivity index (χ2n) is 7.88. The number of benzene rings is 1. The monoisotopic (exact) mass is 484 g/mol. The van der Waals surface area contributed by atoms with Crippen molar-refractivity contribution in [3.8, 4) is 0 Å². The maximum absolute atomic E-state index is 14.7. The van der Waals surface area contributed by atoms with Crippen LogP contribution in [0, 0.1) is 5.82 Å². The summed E-state index contributed by atoms with van der Waals surface area (Å²) in [5.74, 6) is -0.921. The van der Waals surface area contributed by atoms with Crippen LogP contribution in [0.4, 0.5) is 14.9 Å². The van der Waals surface area contributed by atoms with Gasteiger partial charge in [-0.3, -0.25) is 4.90 Å². The number of ether oxygens (including phenoxy) is 1. The minimum Gasteiger partial charge on any atom is -0.442 e. The molecule has 2 aliphatic heterocycles. The number of amides is 1. The van der Waals surface area contributed by atoms with E-state index in [0.29, 0.717) is 16.8 Å². The second-order valence-corrected chi connectivity index (χ2v) is 12.2. The van der Waals surface area contributed by atoms with Crippen molar-refractivity contribution in [3.63, 3.8) is 0 Å². The largest absolute Gasteiger partial charge is 0.442 e. The zero-order valence-electron chi connectivity index (χ0n) is 17.1. The summed E-state index contributed by atoms with van der Waals surface area (Å²) in [4.78, 5) is 13.6. The number of hydrogen-bond acceptors (Lipinski definition) is 8. The Morgan fingerprint density at radius 3 is 2.75 bits per heavy atom. The van der Waals surface area contributed by atoms with Gasteiger partial charge in [0, 0.05) is 18.0 Å². The van der Waals surface area contributed by atoms with Gasteiger partial charge in [-0.25, -0.2) is 30.7 Å². The van der Waals surface area contributed by atoms with Gasteiger partial charge in [0.25, 0.3) is 0 Å². The predicted octanol–water partition coefficient (Wildman–Crippen LogP) is 1.19. The summed E-state index contributed by atoms with van der Waals surface area (Å²) in [6.45, 7) is 0.320. The number of halogens is 1. The first-order valence-corrected chi connectivity index (χ1v) is 13.6. The van der Waals surface area contributed by atoms with Crippen LogP contribution in [0.1, 0.15) is 17.7 Å². The van der Waals surface area contributed by atoms with Crippen molar-refractivity contribution < 1.29 is 30.8 Å². The third-order valence-corrected chi connectivity index (χ3v) is 7.46. The molecule has 0 aliphatic carbocycles. The Morgan fingerprint density at radius 2 is 2.09 bits per heavy atom. The predicted molar refractivity (Wildman–Crippen MR) is 114 cm³/mol. The number of cyclic esters (lactones) is 1. The number of carbonyl (C=O) groups excluding carboxylic acids is 1. The van der Waals surface area contributed by atoms with E-state index >= 15 is 0 Å². The van der Waals surface area contributed by atoms with Crippen molar-refractivity contribution in [2.24, 2.45) is 0 Å². The van der Waals surface area contributed by atoms with Crippen LogP contribution in [-0.2, 0) is 36.7 Å². The van der Waals surface area contributed by atoms with Crippen LogP contribution in [0.15, 0.2) is 30.5 Å². The van der Waals surface area contributed by atoms with Gasteiger partial charge in [-0.15, -0.1) is 5.10 Å². The molecule has 172 valence electrons. The summed E-state index contributed by atoms with van der Waals surface area (Å²) < 4.78 is 67.3. The lowest BCUT2D eigenvalue weighted by Gasteiger charge is -2.17. The number of sulfone groups is 2. The Balaban J connectivity index is 1.44. The van der Waals surface area contributed by atoms with Gasteiger partial charge < -0.3 is 4.74 Å². The molecule has 1 atom stereocenters. The van der Waals surface area contributed by atoms with Crippen LogP contribution < -0.4 is 4.90 Å². The van der Waals surface area contributed by atoms with Gasteiger partial charge in [0.2, 0.25) is 0 Å². The molecular weight excluding hydrogens is 463 g/mol. The maximum Gasteiger partial charge on any atom is 0.414 e. The van der Waals surface area contributed by atoms with E-state index in [9.17, 15) is 26.0 Å². The molecule has 32 heavy (non-hydrogen) atoms. The Kier molecular flexibility index (Phi) is 5.79. The SMILES string of the molecule is CS(=O)(=O)Cc1cn(CC2CN(c3ccc(C4=CCS(=O)(=O)CC4)c(F)c3)C(=O)O2)nn1. The van der Waals surface area contributed by atoms with E-state index < -0.39 is 37.7 Å². The van der Waals surface area contributed by atoms with Crippen molar-refractivity contribution >= 4 is 37.0 Å². The third-order valence-electron chi connectivity index (χ3n) is 5.14. The first kappa shape index (κ1) is 22.4. The third kappa shape index (κ3) is 5.15. The van der Waals surface area contributed by atoms with Crippen LogP contribution in [0.25, 0.3) is 5.57 Å². The van der Waals surface area contributed by atoms with Gasteiger partial charge in [-0.2, -0.15) is 0 Å². The molecule has 1 fully saturated rings. The van der Waals surface area contributed by atoms with E-state index in [-0.39, 0.29) is 42.5 Å². The highest BCUT2D eigenvalue weighted by Crippen LogP contribution is 2.30. The van der Waals surface area contributed by atoms with E-state index in [4.69, 9.17) is 4.74 Å². The molecule has 0 spiro atoms. The van der Waals surface area contributed by atoms with Gasteiger partial charge >= 0.3 is 6.09 Å². The van der Waals surface area contributed by atoms with Gasteiger partial charge in [0.1, 0.15) is 11.9 Å². The van der Waals surface area contributed by atoms with E-state index in [1.165, 1.54) is 34.0 Å². The topological polar surface area (TPSA) is 129 Å². The molecule has 1 amide bonds. The highest BCUT2D eigenvalue weighted by atomic mass is 32.2. The van der Waals surface area contributed by atoms with Crippen LogP contribution >= 0.6 is 0 Å². The smallest absolute Gasteiger partial charge is 0.414 e. The minimum absolute atomic E-state index is 0.0195. The number of aromatic nitrogens is 3. The summed E-state index contributed by atoms with van der Waals surface area (Å²) >= 11 is 0. The number of carbonyl (C=O) groups is 1. The fourth-order valence-corrected chi connectivity index (χ4v) is 5.48. The summed E-state index contributed by atoms with van der Waals surface area (Å²) in [6.07, 6.45) is 3.12. The molecule has 1 saturated heterocycles. The number of anilines is 1. The first-order chi connectivity index (χ1) is 15.0. The Hall–Kier alpha value is -2.80. The Labute approximate surface area is 184 Å². The zero-order valence-corrected chi connectivity index (χ0v) is 18.8. The van der Waals surface area contributed by atoms with Gasteiger partial charge in [-0.1, -0.05) is 11.3 Å². The van der Waals surface area contributed by atoms with E-state index in [1.54, 1.807) is 6.07 Å². The fourth-order valence-electron chi connectivity index (χ4n) is 3.65. The second kappa shape index (κ2) is 8.28. The van der Waals surface area contributed by atoms with Crippen molar-refractivity contribution in [2.75, 3.05) is 29.2 Å². The lowest BCUT2D eigenvalue weighted by atomic mass is 10.0. The zero-order chi connectivity index (χ0) is 23.1. The van der Waals surface area contributed by atoms with Crippen LogP contribution in [0.2, 0.25) is 0 Å². The van der Waals surface area contributed by atoms with Crippen LogP contribution in [-0.4, -0.2) is 68.3 Å². The summed E-state index contributed by atoms with van der Waals surface area (Å²) in [7, 11) is -6.36. The lowest BCUT2D eigenvalue weighted by Crippen LogP contribution is -2.26. The molecule has 0 bridgehead atoms. The molecular formula is C19H21FN4O6S2. The number of hydrogen-bond donors (Lipinski definition) is 0. The quantitative estimate of drug-likeness (QED) is 0.598. The average Bonchev–Trinajstić information content (AvgIpc) is 3.27. The van der Waals surface area contributed by atoms with Gasteiger partial charge in [0.15, 0.2) is 19.7 Å². The molecule has 0 radical (unpaired) electrons. The van der Waals surface area contributed by atoms with E-state index in [0.717, 1.165) is 6.26 Å². The van der Waals surface area contributed by atoms with Crippen molar-refractivity contribution in [3.05, 3.63) is 47.5 Å². The Bertz CT molecular complexity index is 1300. The number of allylic oxidation sites excluding steroid dienone is 1. The first-order valence-electron chi connectivity index (χ1n) is 9.73. The van der Waals surface area contributed by atoms with Crippen LogP contribution in [0.3, 0.4) is 0 Å². The van der Waals surface area contributed by atoms with Gasteiger partial charge in [-0.05, 0) is 30.2 Å². The molecule has 0 N–H and O–H groups in total. The number of rotatable bonds is 6. The molecule has 2 aromatic rings. The summed E-state index contributed by atoms with van der Waals surface area (Å²) in [5, 5.41) is 7.66. The minimum atomic E-state index is -3.25. The van der Waals surface area contributed by atoms with E-state index in [2.05, 4.69) is 10.3 Å². The van der Waals surface area contributed by atoms with E-state index in [1.807, 2.05) is 0 Å². The van der Waals surface area contributed by atoms with Crippen molar-refractivity contribution in [1.82, 2.24) is 15.0 Å². The van der Waals surface area contributed by atoms with Crippen molar-refractivity contribution in [1.29, 1.82) is 0 Å². The maximum atomic E-state index is 14.7. The average molecular weight is 485 g/mol. The molecule has 4 rings (SSSR count).